The van der Waals surface area contributed by atoms with Crippen LogP contribution in [0.25, 0.3) is 22.2 Å². The first-order valence-corrected chi connectivity index (χ1v) is 10.7. The predicted octanol–water partition coefficient (Wildman–Crippen LogP) is 6.67. The molecule has 0 amide bonds. The average Bonchev–Trinajstić information content (AvgIpc) is 2.77. The Hall–Kier alpha value is -3.02. The quantitative estimate of drug-likeness (QED) is 0.230. The molecule has 154 valence electrons. The highest BCUT2D eigenvalue weighted by molar-refractivity contribution is 9.10. The standard InChI is InChI=1S/C25H17BrClNO3/c1-15-2-4-17(5-3-15)24(29)14-31-25(30)21-13-23(16-6-8-18(26)9-7-16)28-22-11-10-19(27)12-20(21)22/h2-13H,14H2,1H3. The summed E-state index contributed by atoms with van der Waals surface area (Å²) in [4.78, 5) is 30.0. The summed E-state index contributed by atoms with van der Waals surface area (Å²) < 4.78 is 6.31. The number of fused-ring (bicyclic) bond motifs is 1. The highest BCUT2D eigenvalue weighted by Gasteiger charge is 2.17. The summed E-state index contributed by atoms with van der Waals surface area (Å²) in [5.74, 6) is -0.869. The second-order valence-electron chi connectivity index (χ2n) is 7.09. The number of carbonyl (C=O) groups excluding carboxylic acids is 2. The van der Waals surface area contributed by atoms with Crippen molar-refractivity contribution in [3.8, 4) is 11.3 Å². The van der Waals surface area contributed by atoms with Crippen molar-refractivity contribution in [3.63, 3.8) is 0 Å². The van der Waals surface area contributed by atoms with Gasteiger partial charge in [-0.25, -0.2) is 9.78 Å². The van der Waals surface area contributed by atoms with E-state index in [1.807, 2.05) is 43.3 Å². The third-order valence-electron chi connectivity index (χ3n) is 4.84. The van der Waals surface area contributed by atoms with Crippen LogP contribution < -0.4 is 0 Å². The molecule has 4 aromatic rings. The monoisotopic (exact) mass is 493 g/mol. The Labute approximate surface area is 193 Å². The minimum atomic E-state index is -0.603. The van der Waals surface area contributed by atoms with Crippen LogP contribution in [0.1, 0.15) is 26.3 Å². The van der Waals surface area contributed by atoms with Crippen molar-refractivity contribution in [1.82, 2.24) is 4.98 Å². The van der Waals surface area contributed by atoms with E-state index < -0.39 is 5.97 Å². The van der Waals surface area contributed by atoms with Gasteiger partial charge in [-0.15, -0.1) is 0 Å². The van der Waals surface area contributed by atoms with E-state index in [1.165, 1.54) is 0 Å². The molecule has 0 bridgehead atoms. The van der Waals surface area contributed by atoms with Gasteiger partial charge in [0.15, 0.2) is 12.4 Å². The number of benzene rings is 3. The second-order valence-corrected chi connectivity index (χ2v) is 8.44. The zero-order valence-electron chi connectivity index (χ0n) is 16.6. The summed E-state index contributed by atoms with van der Waals surface area (Å²) in [7, 11) is 0. The number of ether oxygens (including phenoxy) is 1. The molecule has 3 aromatic carbocycles. The van der Waals surface area contributed by atoms with Gasteiger partial charge in [0, 0.05) is 26.0 Å². The van der Waals surface area contributed by atoms with Gasteiger partial charge in [0.25, 0.3) is 0 Å². The summed E-state index contributed by atoms with van der Waals surface area (Å²) in [6.45, 7) is 1.59. The van der Waals surface area contributed by atoms with Gasteiger partial charge in [-0.3, -0.25) is 4.79 Å². The highest BCUT2D eigenvalue weighted by Crippen LogP contribution is 2.28. The molecular formula is C25H17BrClNO3. The molecule has 31 heavy (non-hydrogen) atoms. The molecule has 0 aliphatic rings. The Balaban J connectivity index is 1.66. The van der Waals surface area contributed by atoms with E-state index in [4.69, 9.17) is 16.3 Å². The number of esters is 1. The molecule has 0 fully saturated rings. The molecular weight excluding hydrogens is 478 g/mol. The summed E-state index contributed by atoms with van der Waals surface area (Å²) >= 11 is 9.57. The van der Waals surface area contributed by atoms with E-state index in [0.717, 1.165) is 15.6 Å². The van der Waals surface area contributed by atoms with Gasteiger partial charge < -0.3 is 4.74 Å². The van der Waals surface area contributed by atoms with Crippen LogP contribution in [0.15, 0.2) is 77.3 Å². The molecule has 0 aliphatic carbocycles. The zero-order chi connectivity index (χ0) is 22.0. The Morgan fingerprint density at radius 3 is 2.39 bits per heavy atom. The Morgan fingerprint density at radius 1 is 0.968 bits per heavy atom. The normalized spacial score (nSPS) is 10.8. The number of hydrogen-bond acceptors (Lipinski definition) is 4. The van der Waals surface area contributed by atoms with Crippen molar-refractivity contribution in [2.24, 2.45) is 0 Å². The van der Waals surface area contributed by atoms with Crippen LogP contribution in [0.2, 0.25) is 5.02 Å². The first kappa shape index (κ1) is 21.2. The zero-order valence-corrected chi connectivity index (χ0v) is 18.9. The average molecular weight is 495 g/mol. The molecule has 0 unspecified atom stereocenters. The van der Waals surface area contributed by atoms with Crippen molar-refractivity contribution in [2.75, 3.05) is 6.61 Å². The molecule has 0 N–H and O–H groups in total. The first-order chi connectivity index (χ1) is 14.9. The Kier molecular flexibility index (Phi) is 6.16. The van der Waals surface area contributed by atoms with Crippen molar-refractivity contribution in [2.45, 2.75) is 6.92 Å². The largest absolute Gasteiger partial charge is 0.454 e. The number of nitrogens with zero attached hydrogens (tertiary/aromatic N) is 1. The summed E-state index contributed by atoms with van der Waals surface area (Å²) in [6, 6.07) is 21.6. The van der Waals surface area contributed by atoms with Crippen molar-refractivity contribution < 1.29 is 14.3 Å². The number of Topliss-reactive ketones (excluding diaryl/α,β-unsaturated/α-hetero) is 1. The number of aryl methyl sites for hydroxylation is 1. The van der Waals surface area contributed by atoms with Crippen molar-refractivity contribution in [1.29, 1.82) is 0 Å². The van der Waals surface area contributed by atoms with Crippen LogP contribution in [0.4, 0.5) is 0 Å². The Bertz CT molecular complexity index is 1280. The van der Waals surface area contributed by atoms with Gasteiger partial charge in [-0.1, -0.05) is 69.5 Å². The third kappa shape index (κ3) is 4.84. The van der Waals surface area contributed by atoms with Gasteiger partial charge in [0.2, 0.25) is 0 Å². The maximum Gasteiger partial charge on any atom is 0.339 e. The van der Waals surface area contributed by atoms with Gasteiger partial charge in [-0.05, 0) is 43.3 Å². The van der Waals surface area contributed by atoms with E-state index in [2.05, 4.69) is 20.9 Å². The molecule has 4 nitrogen and oxygen atoms in total. The van der Waals surface area contributed by atoms with E-state index in [0.29, 0.717) is 32.7 Å². The molecule has 1 heterocycles. The molecule has 0 atom stereocenters. The molecule has 0 saturated carbocycles. The fraction of sp³-hybridized carbons (Fsp3) is 0.0800. The fourth-order valence-electron chi connectivity index (χ4n) is 3.17. The lowest BCUT2D eigenvalue weighted by Crippen LogP contribution is -2.15. The van der Waals surface area contributed by atoms with Crippen LogP contribution in [-0.4, -0.2) is 23.3 Å². The first-order valence-electron chi connectivity index (χ1n) is 9.54. The molecule has 0 aliphatic heterocycles. The lowest BCUT2D eigenvalue weighted by molar-refractivity contribution is 0.0476. The minimum Gasteiger partial charge on any atom is -0.454 e. The summed E-state index contributed by atoms with van der Waals surface area (Å²) in [5.41, 5.74) is 3.94. The number of halogens is 2. The molecule has 4 rings (SSSR count). The minimum absolute atomic E-state index is 0.266. The summed E-state index contributed by atoms with van der Waals surface area (Å²) in [5, 5.41) is 1.05. The van der Waals surface area contributed by atoms with Crippen molar-refractivity contribution in [3.05, 3.63) is 99.0 Å². The maximum atomic E-state index is 12.9. The van der Waals surface area contributed by atoms with Crippen LogP contribution >= 0.6 is 27.5 Å². The van der Waals surface area contributed by atoms with Crippen LogP contribution in [0.5, 0.6) is 0 Å². The van der Waals surface area contributed by atoms with Gasteiger partial charge >= 0.3 is 5.97 Å². The lowest BCUT2D eigenvalue weighted by atomic mass is 10.0. The van der Waals surface area contributed by atoms with Gasteiger partial charge in [-0.2, -0.15) is 0 Å². The van der Waals surface area contributed by atoms with E-state index >= 15 is 0 Å². The van der Waals surface area contributed by atoms with E-state index in [9.17, 15) is 9.59 Å². The second kappa shape index (κ2) is 9.00. The fourth-order valence-corrected chi connectivity index (χ4v) is 3.60. The van der Waals surface area contributed by atoms with Crippen molar-refractivity contribution >= 4 is 50.2 Å². The molecule has 0 saturated heterocycles. The lowest BCUT2D eigenvalue weighted by Gasteiger charge is -2.11. The van der Waals surface area contributed by atoms with Crippen LogP contribution in [-0.2, 0) is 4.74 Å². The highest BCUT2D eigenvalue weighted by atomic mass is 79.9. The molecule has 0 spiro atoms. The number of rotatable bonds is 5. The predicted molar refractivity (Wildman–Crippen MR) is 126 cm³/mol. The topological polar surface area (TPSA) is 56.3 Å². The summed E-state index contributed by atoms with van der Waals surface area (Å²) in [6.07, 6.45) is 0. The number of hydrogen-bond donors (Lipinski definition) is 0. The number of carbonyl (C=O) groups is 2. The SMILES string of the molecule is Cc1ccc(C(=O)COC(=O)c2cc(-c3ccc(Br)cc3)nc3ccc(Cl)cc23)cc1. The molecule has 0 radical (unpaired) electrons. The van der Waals surface area contributed by atoms with Crippen LogP contribution in [0.3, 0.4) is 0 Å². The number of ketones is 1. The maximum absolute atomic E-state index is 12.9. The van der Waals surface area contributed by atoms with Gasteiger partial charge in [0.05, 0.1) is 16.8 Å². The van der Waals surface area contributed by atoms with Crippen LogP contribution in [0, 0.1) is 6.92 Å². The third-order valence-corrected chi connectivity index (χ3v) is 5.60. The Morgan fingerprint density at radius 2 is 1.68 bits per heavy atom. The number of aromatic nitrogens is 1. The van der Waals surface area contributed by atoms with E-state index in [1.54, 1.807) is 36.4 Å². The van der Waals surface area contributed by atoms with Gasteiger partial charge in [0.1, 0.15) is 0 Å². The number of pyridine rings is 1. The molecule has 1 aromatic heterocycles. The smallest absolute Gasteiger partial charge is 0.339 e. The molecule has 6 heteroatoms. The van der Waals surface area contributed by atoms with E-state index in [-0.39, 0.29) is 12.4 Å².